The SMILES string of the molecule is Cl.NCc1cccc(OCC(F)F)c1F. The summed E-state index contributed by atoms with van der Waals surface area (Å²) < 4.78 is 41.4. The van der Waals surface area contributed by atoms with Crippen molar-refractivity contribution in [3.05, 3.63) is 29.6 Å². The molecular weight excluding hydrogens is 231 g/mol. The van der Waals surface area contributed by atoms with Gasteiger partial charge >= 0.3 is 0 Å². The Morgan fingerprint density at radius 3 is 2.53 bits per heavy atom. The molecule has 0 aliphatic carbocycles. The van der Waals surface area contributed by atoms with Crippen molar-refractivity contribution in [1.29, 1.82) is 0 Å². The highest BCUT2D eigenvalue weighted by molar-refractivity contribution is 5.85. The maximum absolute atomic E-state index is 13.3. The standard InChI is InChI=1S/C9H10F3NO.ClH/c10-8(11)5-14-7-3-1-2-6(4-13)9(7)12;/h1-3,8H,4-5,13H2;1H. The average molecular weight is 242 g/mol. The van der Waals surface area contributed by atoms with Crippen LogP contribution in [0.2, 0.25) is 0 Å². The second-order valence-corrected chi connectivity index (χ2v) is 2.64. The molecular formula is C9H11ClF3NO. The number of benzene rings is 1. The van der Waals surface area contributed by atoms with Crippen LogP contribution in [0.15, 0.2) is 18.2 Å². The van der Waals surface area contributed by atoms with E-state index in [2.05, 4.69) is 4.74 Å². The molecule has 1 aromatic carbocycles. The summed E-state index contributed by atoms with van der Waals surface area (Å²) in [7, 11) is 0. The Morgan fingerprint density at radius 2 is 2.00 bits per heavy atom. The topological polar surface area (TPSA) is 35.2 Å². The van der Waals surface area contributed by atoms with Crippen LogP contribution in [0.1, 0.15) is 5.56 Å². The van der Waals surface area contributed by atoms with Crippen LogP contribution in [-0.2, 0) is 6.54 Å². The van der Waals surface area contributed by atoms with Crippen LogP contribution in [0, 0.1) is 5.82 Å². The second kappa shape index (κ2) is 6.53. The first-order chi connectivity index (χ1) is 6.65. The quantitative estimate of drug-likeness (QED) is 0.878. The Hall–Kier alpha value is -0.940. The zero-order valence-corrected chi connectivity index (χ0v) is 8.57. The Labute approximate surface area is 91.6 Å². The number of rotatable bonds is 4. The molecule has 0 atom stereocenters. The molecule has 2 nitrogen and oxygen atoms in total. The molecule has 1 aromatic rings. The van der Waals surface area contributed by atoms with E-state index >= 15 is 0 Å². The van der Waals surface area contributed by atoms with Crippen molar-refractivity contribution in [1.82, 2.24) is 0 Å². The summed E-state index contributed by atoms with van der Waals surface area (Å²) in [4.78, 5) is 0. The third-order valence-corrected chi connectivity index (χ3v) is 1.63. The summed E-state index contributed by atoms with van der Waals surface area (Å²) in [5, 5.41) is 0. The number of hydrogen-bond donors (Lipinski definition) is 1. The third kappa shape index (κ3) is 3.97. The van der Waals surface area contributed by atoms with Gasteiger partial charge in [0.15, 0.2) is 11.6 Å². The minimum Gasteiger partial charge on any atom is -0.485 e. The Balaban J connectivity index is 0.00000196. The first-order valence-corrected chi connectivity index (χ1v) is 4.03. The summed E-state index contributed by atoms with van der Waals surface area (Å²) in [5.74, 6) is -0.857. The van der Waals surface area contributed by atoms with Crippen LogP contribution < -0.4 is 10.5 Å². The highest BCUT2D eigenvalue weighted by atomic mass is 35.5. The van der Waals surface area contributed by atoms with Gasteiger partial charge in [0.2, 0.25) is 0 Å². The van der Waals surface area contributed by atoms with Crippen molar-refractivity contribution in [2.75, 3.05) is 6.61 Å². The molecule has 86 valence electrons. The Bertz CT molecular complexity index is 309. The fourth-order valence-electron chi connectivity index (χ4n) is 0.978. The molecule has 15 heavy (non-hydrogen) atoms. The van der Waals surface area contributed by atoms with E-state index in [0.717, 1.165) is 0 Å². The lowest BCUT2D eigenvalue weighted by atomic mass is 10.2. The maximum Gasteiger partial charge on any atom is 0.272 e. The summed E-state index contributed by atoms with van der Waals surface area (Å²) in [6, 6.07) is 4.27. The zero-order valence-electron chi connectivity index (χ0n) is 7.75. The molecule has 0 radical (unpaired) electrons. The third-order valence-electron chi connectivity index (χ3n) is 1.63. The van der Waals surface area contributed by atoms with Crippen molar-refractivity contribution in [2.24, 2.45) is 5.73 Å². The van der Waals surface area contributed by atoms with Gasteiger partial charge in [-0.1, -0.05) is 12.1 Å². The van der Waals surface area contributed by atoms with Gasteiger partial charge in [-0.05, 0) is 6.07 Å². The van der Waals surface area contributed by atoms with Crippen LogP contribution in [-0.4, -0.2) is 13.0 Å². The molecule has 0 bridgehead atoms. The first-order valence-electron chi connectivity index (χ1n) is 4.03. The first kappa shape index (κ1) is 14.1. The molecule has 0 saturated carbocycles. The van der Waals surface area contributed by atoms with E-state index in [0.29, 0.717) is 0 Å². The van der Waals surface area contributed by atoms with Gasteiger partial charge in [0.25, 0.3) is 6.43 Å². The molecule has 0 aliphatic heterocycles. The lowest BCUT2D eigenvalue weighted by Crippen LogP contribution is -2.09. The summed E-state index contributed by atoms with van der Waals surface area (Å²) >= 11 is 0. The molecule has 0 spiro atoms. The van der Waals surface area contributed by atoms with E-state index in [1.807, 2.05) is 0 Å². The summed E-state index contributed by atoms with van der Waals surface area (Å²) in [5.41, 5.74) is 5.48. The van der Waals surface area contributed by atoms with Crippen LogP contribution in [0.5, 0.6) is 5.75 Å². The fraction of sp³-hybridized carbons (Fsp3) is 0.333. The Morgan fingerprint density at radius 1 is 1.33 bits per heavy atom. The van der Waals surface area contributed by atoms with Gasteiger partial charge in [0, 0.05) is 12.1 Å². The highest BCUT2D eigenvalue weighted by Crippen LogP contribution is 2.20. The number of ether oxygens (including phenoxy) is 1. The lowest BCUT2D eigenvalue weighted by molar-refractivity contribution is 0.0798. The molecule has 0 aliphatic rings. The second-order valence-electron chi connectivity index (χ2n) is 2.64. The van der Waals surface area contributed by atoms with Crippen LogP contribution >= 0.6 is 12.4 Å². The molecule has 0 aromatic heterocycles. The van der Waals surface area contributed by atoms with Gasteiger partial charge in [-0.3, -0.25) is 0 Å². The Kier molecular flexibility index (Phi) is 6.12. The predicted molar refractivity (Wildman–Crippen MR) is 53.0 cm³/mol. The van der Waals surface area contributed by atoms with Crippen LogP contribution in [0.25, 0.3) is 0 Å². The number of nitrogens with two attached hydrogens (primary N) is 1. The lowest BCUT2D eigenvalue weighted by Gasteiger charge is -2.08. The number of alkyl halides is 2. The minimum absolute atomic E-state index is 0. The van der Waals surface area contributed by atoms with Gasteiger partial charge in [-0.15, -0.1) is 12.4 Å². The van der Waals surface area contributed by atoms with E-state index in [4.69, 9.17) is 5.73 Å². The van der Waals surface area contributed by atoms with Crippen molar-refractivity contribution >= 4 is 12.4 Å². The average Bonchev–Trinajstić information content (AvgIpc) is 2.16. The summed E-state index contributed by atoms with van der Waals surface area (Å²) in [6.45, 7) is -0.803. The molecule has 6 heteroatoms. The van der Waals surface area contributed by atoms with Gasteiger partial charge in [-0.2, -0.15) is 0 Å². The van der Waals surface area contributed by atoms with Crippen LogP contribution in [0.3, 0.4) is 0 Å². The molecule has 0 heterocycles. The van der Waals surface area contributed by atoms with E-state index in [1.54, 1.807) is 0 Å². The largest absolute Gasteiger partial charge is 0.485 e. The van der Waals surface area contributed by atoms with Crippen molar-refractivity contribution in [2.45, 2.75) is 13.0 Å². The van der Waals surface area contributed by atoms with Gasteiger partial charge in [-0.25, -0.2) is 13.2 Å². The minimum atomic E-state index is -2.61. The molecule has 0 fully saturated rings. The monoisotopic (exact) mass is 241 g/mol. The molecule has 0 unspecified atom stereocenters. The molecule has 1 rings (SSSR count). The van der Waals surface area contributed by atoms with Crippen LogP contribution in [0.4, 0.5) is 13.2 Å². The molecule has 0 saturated heterocycles. The fourth-order valence-corrected chi connectivity index (χ4v) is 0.978. The van der Waals surface area contributed by atoms with Gasteiger partial charge in [0.1, 0.15) is 6.61 Å². The van der Waals surface area contributed by atoms with Crippen molar-refractivity contribution < 1.29 is 17.9 Å². The maximum atomic E-state index is 13.3. The zero-order chi connectivity index (χ0) is 10.6. The van der Waals surface area contributed by atoms with E-state index < -0.39 is 18.8 Å². The molecule has 2 N–H and O–H groups in total. The smallest absolute Gasteiger partial charge is 0.272 e. The van der Waals surface area contributed by atoms with Gasteiger partial charge < -0.3 is 10.5 Å². The number of hydrogen-bond acceptors (Lipinski definition) is 2. The van der Waals surface area contributed by atoms with Crippen molar-refractivity contribution in [3.8, 4) is 5.75 Å². The molecule has 0 amide bonds. The number of halogens is 4. The van der Waals surface area contributed by atoms with E-state index in [-0.39, 0.29) is 30.3 Å². The van der Waals surface area contributed by atoms with Gasteiger partial charge in [0.05, 0.1) is 0 Å². The highest BCUT2D eigenvalue weighted by Gasteiger charge is 2.10. The van der Waals surface area contributed by atoms with E-state index in [9.17, 15) is 13.2 Å². The van der Waals surface area contributed by atoms with Crippen molar-refractivity contribution in [3.63, 3.8) is 0 Å². The summed E-state index contributed by atoms with van der Waals surface area (Å²) in [6.07, 6.45) is -2.61. The normalized spacial score (nSPS) is 9.93. The van der Waals surface area contributed by atoms with E-state index in [1.165, 1.54) is 18.2 Å². The predicted octanol–water partition coefficient (Wildman–Crippen LogP) is 2.35.